The SMILES string of the molecule is Cn1cccc1/C=N/NC(=O)CSc1nnc(SCc2cccc3ccccc23)s1. The van der Waals surface area contributed by atoms with Crippen LogP contribution in [0.3, 0.4) is 0 Å². The second kappa shape index (κ2) is 9.92. The minimum Gasteiger partial charge on any atom is -0.350 e. The van der Waals surface area contributed by atoms with Crippen LogP contribution in [0.5, 0.6) is 0 Å². The molecule has 1 N–H and O–H groups in total. The zero-order valence-corrected chi connectivity index (χ0v) is 18.6. The van der Waals surface area contributed by atoms with Crippen molar-refractivity contribution >= 4 is 57.8 Å². The maximum Gasteiger partial charge on any atom is 0.250 e. The van der Waals surface area contributed by atoms with Gasteiger partial charge in [-0.3, -0.25) is 4.79 Å². The van der Waals surface area contributed by atoms with Gasteiger partial charge in [0.2, 0.25) is 0 Å². The number of nitrogens with zero attached hydrogens (tertiary/aromatic N) is 4. The summed E-state index contributed by atoms with van der Waals surface area (Å²) >= 11 is 4.53. The molecule has 6 nitrogen and oxygen atoms in total. The molecule has 30 heavy (non-hydrogen) atoms. The Hall–Kier alpha value is -2.62. The van der Waals surface area contributed by atoms with Gasteiger partial charge in [0.1, 0.15) is 0 Å². The third-order valence-corrected chi connectivity index (χ3v) is 7.55. The Balaban J connectivity index is 1.26. The number of nitrogens with one attached hydrogen (secondary N) is 1. The molecule has 0 aliphatic rings. The van der Waals surface area contributed by atoms with Crippen molar-refractivity contribution in [3.63, 3.8) is 0 Å². The van der Waals surface area contributed by atoms with E-state index in [0.29, 0.717) is 0 Å². The van der Waals surface area contributed by atoms with Crippen LogP contribution in [-0.4, -0.2) is 32.6 Å². The summed E-state index contributed by atoms with van der Waals surface area (Å²) in [5.41, 5.74) is 4.73. The third kappa shape index (κ3) is 5.29. The number of hydrogen-bond acceptors (Lipinski definition) is 7. The topological polar surface area (TPSA) is 72.2 Å². The lowest BCUT2D eigenvalue weighted by molar-refractivity contribution is -0.118. The van der Waals surface area contributed by atoms with E-state index in [1.807, 2.05) is 29.9 Å². The summed E-state index contributed by atoms with van der Waals surface area (Å²) in [4.78, 5) is 12.0. The van der Waals surface area contributed by atoms with Crippen molar-refractivity contribution in [2.75, 3.05) is 5.75 Å². The lowest BCUT2D eigenvalue weighted by Crippen LogP contribution is -2.19. The number of rotatable bonds is 8. The number of hydrazone groups is 1. The van der Waals surface area contributed by atoms with Crippen LogP contribution in [-0.2, 0) is 17.6 Å². The molecule has 2 heterocycles. The van der Waals surface area contributed by atoms with E-state index in [4.69, 9.17) is 0 Å². The number of aryl methyl sites for hydroxylation is 1. The highest BCUT2D eigenvalue weighted by Gasteiger charge is 2.09. The second-order valence-corrected chi connectivity index (χ2v) is 9.81. The summed E-state index contributed by atoms with van der Waals surface area (Å²) in [6.07, 6.45) is 3.54. The molecule has 0 aliphatic heterocycles. The molecule has 2 aromatic carbocycles. The molecule has 9 heteroatoms. The molecule has 0 atom stereocenters. The Labute approximate surface area is 186 Å². The standard InChI is InChI=1S/C21H19N5OS3/c1-26-11-5-9-17(26)12-22-23-19(27)14-29-21-25-24-20(30-21)28-13-16-8-4-7-15-6-2-3-10-18(15)16/h2-12H,13-14H2,1H3,(H,23,27)/b22-12+. The molecule has 2 aromatic heterocycles. The van der Waals surface area contributed by atoms with Crippen molar-refractivity contribution in [3.8, 4) is 0 Å². The van der Waals surface area contributed by atoms with E-state index in [1.54, 1.807) is 18.0 Å². The van der Waals surface area contributed by atoms with Crippen LogP contribution in [0, 0.1) is 0 Å². The fourth-order valence-corrected chi connectivity index (χ4v) is 5.63. The van der Waals surface area contributed by atoms with E-state index in [2.05, 4.69) is 63.2 Å². The molecule has 0 saturated carbocycles. The molecule has 0 spiro atoms. The minimum atomic E-state index is -0.175. The Morgan fingerprint density at radius 1 is 1.10 bits per heavy atom. The van der Waals surface area contributed by atoms with E-state index in [-0.39, 0.29) is 11.7 Å². The van der Waals surface area contributed by atoms with Gasteiger partial charge in [0.25, 0.3) is 5.91 Å². The monoisotopic (exact) mass is 453 g/mol. The predicted octanol–water partition coefficient (Wildman–Crippen LogP) is 4.56. The first-order chi connectivity index (χ1) is 14.7. The molecule has 0 fully saturated rings. The lowest BCUT2D eigenvalue weighted by atomic mass is 10.1. The van der Waals surface area contributed by atoms with Crippen molar-refractivity contribution in [3.05, 3.63) is 72.1 Å². The average molecular weight is 454 g/mol. The molecule has 4 aromatic rings. The average Bonchev–Trinajstić information content (AvgIpc) is 3.39. The van der Waals surface area contributed by atoms with E-state index in [0.717, 1.165) is 20.1 Å². The van der Waals surface area contributed by atoms with Crippen LogP contribution >= 0.6 is 34.9 Å². The number of hydrogen-bond donors (Lipinski definition) is 1. The second-order valence-electron chi connectivity index (χ2n) is 6.39. The minimum absolute atomic E-state index is 0.175. The molecule has 0 bridgehead atoms. The van der Waals surface area contributed by atoms with Gasteiger partial charge in [-0.05, 0) is 28.5 Å². The van der Waals surface area contributed by atoms with Crippen LogP contribution in [0.25, 0.3) is 10.8 Å². The van der Waals surface area contributed by atoms with Crippen LogP contribution < -0.4 is 5.43 Å². The van der Waals surface area contributed by atoms with Gasteiger partial charge >= 0.3 is 0 Å². The fraction of sp³-hybridized carbons (Fsp3) is 0.143. The number of amides is 1. The number of benzene rings is 2. The normalized spacial score (nSPS) is 11.4. The first kappa shape index (κ1) is 20.6. The molecule has 0 aliphatic carbocycles. The van der Waals surface area contributed by atoms with Gasteiger partial charge < -0.3 is 4.57 Å². The number of aromatic nitrogens is 3. The summed E-state index contributed by atoms with van der Waals surface area (Å²) in [5.74, 6) is 0.896. The highest BCUT2D eigenvalue weighted by Crippen LogP contribution is 2.32. The molecule has 4 rings (SSSR count). The highest BCUT2D eigenvalue weighted by molar-refractivity contribution is 8.03. The van der Waals surface area contributed by atoms with Crippen molar-refractivity contribution in [1.82, 2.24) is 20.2 Å². The molecule has 0 unspecified atom stereocenters. The maximum atomic E-state index is 12.0. The van der Waals surface area contributed by atoms with E-state index >= 15 is 0 Å². The summed E-state index contributed by atoms with van der Waals surface area (Å²) in [6.45, 7) is 0. The zero-order valence-electron chi connectivity index (χ0n) is 16.2. The highest BCUT2D eigenvalue weighted by atomic mass is 32.2. The smallest absolute Gasteiger partial charge is 0.250 e. The zero-order chi connectivity index (χ0) is 20.8. The Bertz CT molecular complexity index is 1180. The van der Waals surface area contributed by atoms with Gasteiger partial charge in [-0.15, -0.1) is 10.2 Å². The van der Waals surface area contributed by atoms with Crippen molar-refractivity contribution in [1.29, 1.82) is 0 Å². The summed E-state index contributed by atoms with van der Waals surface area (Å²) < 4.78 is 3.59. The Morgan fingerprint density at radius 3 is 2.73 bits per heavy atom. The van der Waals surface area contributed by atoms with Gasteiger partial charge in [-0.25, -0.2) is 5.43 Å². The van der Waals surface area contributed by atoms with E-state index in [1.165, 1.54) is 39.4 Å². The first-order valence-corrected chi connectivity index (χ1v) is 12.0. The predicted molar refractivity (Wildman–Crippen MR) is 125 cm³/mol. The van der Waals surface area contributed by atoms with Gasteiger partial charge in [-0.1, -0.05) is 77.3 Å². The van der Waals surface area contributed by atoms with Crippen LogP contribution in [0.2, 0.25) is 0 Å². The summed E-state index contributed by atoms with van der Waals surface area (Å²) in [6, 6.07) is 18.6. The summed E-state index contributed by atoms with van der Waals surface area (Å²) in [7, 11) is 1.92. The molecule has 0 radical (unpaired) electrons. The van der Waals surface area contributed by atoms with Gasteiger partial charge in [0.05, 0.1) is 17.7 Å². The van der Waals surface area contributed by atoms with Crippen molar-refractivity contribution in [2.45, 2.75) is 14.4 Å². The molecular weight excluding hydrogens is 434 g/mol. The largest absolute Gasteiger partial charge is 0.350 e. The third-order valence-electron chi connectivity index (χ3n) is 4.32. The maximum absolute atomic E-state index is 12.0. The Morgan fingerprint density at radius 2 is 1.90 bits per heavy atom. The lowest BCUT2D eigenvalue weighted by Gasteiger charge is -2.04. The summed E-state index contributed by atoms with van der Waals surface area (Å²) in [5, 5.41) is 14.9. The number of carbonyl (C=O) groups excluding carboxylic acids is 1. The van der Waals surface area contributed by atoms with Gasteiger partial charge in [0, 0.05) is 19.0 Å². The quantitative estimate of drug-likeness (QED) is 0.240. The molecule has 0 saturated heterocycles. The Kier molecular flexibility index (Phi) is 6.83. The van der Waals surface area contributed by atoms with Crippen molar-refractivity contribution in [2.24, 2.45) is 12.1 Å². The molecule has 1 amide bonds. The van der Waals surface area contributed by atoms with Crippen LogP contribution in [0.15, 0.2) is 74.6 Å². The fourth-order valence-electron chi connectivity index (χ4n) is 2.81. The van der Waals surface area contributed by atoms with Crippen LogP contribution in [0.1, 0.15) is 11.3 Å². The molecule has 152 valence electrons. The van der Waals surface area contributed by atoms with E-state index in [9.17, 15) is 4.79 Å². The van der Waals surface area contributed by atoms with Crippen molar-refractivity contribution < 1.29 is 4.79 Å². The first-order valence-electron chi connectivity index (χ1n) is 9.18. The number of thioether (sulfide) groups is 2. The van der Waals surface area contributed by atoms with Gasteiger partial charge in [0.15, 0.2) is 8.68 Å². The van der Waals surface area contributed by atoms with Gasteiger partial charge in [-0.2, -0.15) is 5.10 Å². The van der Waals surface area contributed by atoms with Crippen LogP contribution in [0.4, 0.5) is 0 Å². The van der Waals surface area contributed by atoms with E-state index < -0.39 is 0 Å². The molecular formula is C21H19N5OS3. The number of fused-ring (bicyclic) bond motifs is 1. The number of carbonyl (C=O) groups is 1.